The van der Waals surface area contributed by atoms with Gasteiger partial charge in [-0.25, -0.2) is 0 Å². The van der Waals surface area contributed by atoms with E-state index in [9.17, 15) is 0 Å². The van der Waals surface area contributed by atoms with Gasteiger partial charge in [0.25, 0.3) is 0 Å². The predicted octanol–water partition coefficient (Wildman–Crippen LogP) is 5.75. The van der Waals surface area contributed by atoms with Gasteiger partial charge < -0.3 is 4.90 Å². The van der Waals surface area contributed by atoms with E-state index in [4.69, 9.17) is 0 Å². The maximum Gasteiger partial charge on any atom is 0.0437 e. The van der Waals surface area contributed by atoms with Gasteiger partial charge in [0.1, 0.15) is 0 Å². The second-order valence-electron chi connectivity index (χ2n) is 6.05. The van der Waals surface area contributed by atoms with Gasteiger partial charge in [-0.1, -0.05) is 50.3 Å². The second kappa shape index (κ2) is 7.31. The Morgan fingerprint density at radius 1 is 1.05 bits per heavy atom. The van der Waals surface area contributed by atoms with Crippen molar-refractivity contribution in [2.24, 2.45) is 0 Å². The van der Waals surface area contributed by atoms with Gasteiger partial charge in [-0.3, -0.25) is 0 Å². The summed E-state index contributed by atoms with van der Waals surface area (Å²) in [4.78, 5) is 2.20. The average Bonchev–Trinajstić information content (AvgIpc) is 2.53. The molecule has 116 valence electrons. The van der Waals surface area contributed by atoms with Crippen LogP contribution in [-0.4, -0.2) is 7.05 Å². The molecule has 22 heavy (non-hydrogen) atoms. The van der Waals surface area contributed by atoms with E-state index in [0.717, 1.165) is 12.1 Å². The maximum absolute atomic E-state index is 4.35. The molecule has 0 atom stereocenters. The Kier molecular flexibility index (Phi) is 5.43. The number of aryl methyl sites for hydroxylation is 3. The molecule has 0 spiro atoms. The summed E-state index contributed by atoms with van der Waals surface area (Å²) in [6.45, 7) is 10.9. The van der Waals surface area contributed by atoms with E-state index in [1.54, 1.807) is 0 Å². The van der Waals surface area contributed by atoms with Crippen LogP contribution >= 0.6 is 0 Å². The highest BCUT2D eigenvalue weighted by Gasteiger charge is 2.12. The molecule has 1 nitrogen and oxygen atoms in total. The summed E-state index contributed by atoms with van der Waals surface area (Å²) < 4.78 is 0. The number of anilines is 1. The third-order valence-electron chi connectivity index (χ3n) is 4.31. The monoisotopic (exact) mass is 293 g/mol. The predicted molar refractivity (Wildman–Crippen MR) is 98.4 cm³/mol. The van der Waals surface area contributed by atoms with Crippen LogP contribution in [0.15, 0.2) is 49.0 Å². The van der Waals surface area contributed by atoms with Crippen molar-refractivity contribution in [1.29, 1.82) is 0 Å². The Morgan fingerprint density at radius 2 is 1.77 bits per heavy atom. The fraction of sp³-hybridized carbons (Fsp3) is 0.333. The molecule has 0 aromatic heterocycles. The molecule has 0 bridgehead atoms. The van der Waals surface area contributed by atoms with Crippen LogP contribution in [0.25, 0.3) is 5.70 Å². The molecule has 0 saturated heterocycles. The summed E-state index contributed by atoms with van der Waals surface area (Å²) in [5, 5.41) is 0. The van der Waals surface area contributed by atoms with Crippen molar-refractivity contribution >= 4 is 11.4 Å². The molecular weight excluding hydrogens is 266 g/mol. The first kappa shape index (κ1) is 16.4. The van der Waals surface area contributed by atoms with Gasteiger partial charge >= 0.3 is 0 Å². The zero-order valence-corrected chi connectivity index (χ0v) is 14.3. The molecule has 0 radical (unpaired) electrons. The molecule has 2 aromatic rings. The summed E-state index contributed by atoms with van der Waals surface area (Å²) in [5.41, 5.74) is 7.48. The first-order valence-corrected chi connectivity index (χ1v) is 8.12. The van der Waals surface area contributed by atoms with Crippen molar-refractivity contribution in [3.63, 3.8) is 0 Å². The molecule has 0 N–H and O–H groups in total. The Hall–Kier alpha value is -2.02. The average molecular weight is 293 g/mol. The van der Waals surface area contributed by atoms with E-state index in [1.165, 1.54) is 40.8 Å². The van der Waals surface area contributed by atoms with Gasteiger partial charge in [0.2, 0.25) is 0 Å². The minimum atomic E-state index is 1.06. The van der Waals surface area contributed by atoms with E-state index in [1.807, 2.05) is 0 Å². The number of hydrogen-bond donors (Lipinski definition) is 0. The molecule has 0 saturated carbocycles. The standard InChI is InChI=1S/C21H27N/c1-6-7-11-19-14-13-16(2)20(15-19)18(4)22(5)21-12-9-8-10-17(21)3/h8-10,12-15H,4,6-7,11H2,1-3,5H3. The lowest BCUT2D eigenvalue weighted by Gasteiger charge is -2.25. The molecule has 0 heterocycles. The molecule has 1 heteroatoms. The normalized spacial score (nSPS) is 10.5. The summed E-state index contributed by atoms with van der Waals surface area (Å²) in [6, 6.07) is 15.2. The van der Waals surface area contributed by atoms with Gasteiger partial charge in [-0.05, 0) is 55.5 Å². The van der Waals surface area contributed by atoms with Crippen LogP contribution in [0.1, 0.15) is 42.0 Å². The van der Waals surface area contributed by atoms with Gasteiger partial charge in [-0.2, -0.15) is 0 Å². The van der Waals surface area contributed by atoms with E-state index >= 15 is 0 Å². The third-order valence-corrected chi connectivity index (χ3v) is 4.31. The molecular formula is C21H27N. The summed E-state index contributed by atoms with van der Waals surface area (Å²) in [6.07, 6.45) is 3.61. The number of para-hydroxylation sites is 1. The Balaban J connectivity index is 2.30. The molecule has 0 aliphatic carbocycles. The van der Waals surface area contributed by atoms with Crippen molar-refractivity contribution in [3.05, 3.63) is 71.3 Å². The second-order valence-corrected chi connectivity index (χ2v) is 6.05. The Labute approximate surface area is 135 Å². The third kappa shape index (κ3) is 3.59. The Bertz CT molecular complexity index is 655. The molecule has 0 fully saturated rings. The highest BCUT2D eigenvalue weighted by Crippen LogP contribution is 2.28. The van der Waals surface area contributed by atoms with Crippen molar-refractivity contribution in [2.45, 2.75) is 40.0 Å². The molecule has 0 aliphatic rings. The highest BCUT2D eigenvalue weighted by molar-refractivity contribution is 5.80. The van der Waals surface area contributed by atoms with E-state index in [2.05, 4.69) is 81.8 Å². The van der Waals surface area contributed by atoms with Crippen molar-refractivity contribution in [3.8, 4) is 0 Å². The van der Waals surface area contributed by atoms with Gasteiger partial charge in [0.05, 0.1) is 0 Å². The number of benzene rings is 2. The van der Waals surface area contributed by atoms with Crippen LogP contribution < -0.4 is 4.90 Å². The van der Waals surface area contributed by atoms with Crippen LogP contribution in [0.4, 0.5) is 5.69 Å². The minimum Gasteiger partial charge on any atom is -0.344 e. The maximum atomic E-state index is 4.35. The van der Waals surface area contributed by atoms with Crippen molar-refractivity contribution in [2.75, 3.05) is 11.9 Å². The van der Waals surface area contributed by atoms with Crippen LogP contribution in [-0.2, 0) is 6.42 Å². The fourth-order valence-electron chi connectivity index (χ4n) is 2.78. The highest BCUT2D eigenvalue weighted by atomic mass is 15.1. The zero-order valence-electron chi connectivity index (χ0n) is 14.3. The smallest absolute Gasteiger partial charge is 0.0437 e. The topological polar surface area (TPSA) is 3.24 Å². The molecule has 0 amide bonds. The molecule has 2 rings (SSSR count). The van der Waals surface area contributed by atoms with Crippen molar-refractivity contribution in [1.82, 2.24) is 0 Å². The van der Waals surface area contributed by atoms with Crippen LogP contribution in [0.3, 0.4) is 0 Å². The van der Waals surface area contributed by atoms with Crippen LogP contribution in [0, 0.1) is 13.8 Å². The van der Waals surface area contributed by atoms with Crippen LogP contribution in [0.2, 0.25) is 0 Å². The zero-order chi connectivity index (χ0) is 16.1. The van der Waals surface area contributed by atoms with Gasteiger partial charge in [0.15, 0.2) is 0 Å². The van der Waals surface area contributed by atoms with E-state index in [0.29, 0.717) is 0 Å². The SMILES string of the molecule is C=C(c1cc(CCCC)ccc1C)N(C)c1ccccc1C. The summed E-state index contributed by atoms with van der Waals surface area (Å²) in [5.74, 6) is 0. The Morgan fingerprint density at radius 3 is 2.45 bits per heavy atom. The lowest BCUT2D eigenvalue weighted by Crippen LogP contribution is -2.16. The number of unbranched alkanes of at least 4 members (excludes halogenated alkanes) is 1. The quantitative estimate of drug-likeness (QED) is 0.655. The molecule has 0 aliphatic heterocycles. The van der Waals surface area contributed by atoms with Gasteiger partial charge in [0, 0.05) is 24.0 Å². The van der Waals surface area contributed by atoms with Crippen LogP contribution in [0.5, 0.6) is 0 Å². The first-order chi connectivity index (χ1) is 10.5. The lowest BCUT2D eigenvalue weighted by molar-refractivity contribution is 0.794. The van der Waals surface area contributed by atoms with Gasteiger partial charge in [-0.15, -0.1) is 0 Å². The lowest BCUT2D eigenvalue weighted by atomic mass is 9.99. The summed E-state index contributed by atoms with van der Waals surface area (Å²) >= 11 is 0. The minimum absolute atomic E-state index is 1.06. The molecule has 2 aromatic carbocycles. The van der Waals surface area contributed by atoms with E-state index < -0.39 is 0 Å². The first-order valence-electron chi connectivity index (χ1n) is 8.12. The number of rotatable bonds is 6. The number of hydrogen-bond acceptors (Lipinski definition) is 1. The number of nitrogens with zero attached hydrogens (tertiary/aromatic N) is 1. The largest absolute Gasteiger partial charge is 0.344 e. The molecule has 0 unspecified atom stereocenters. The fourth-order valence-corrected chi connectivity index (χ4v) is 2.78. The van der Waals surface area contributed by atoms with Crippen molar-refractivity contribution < 1.29 is 0 Å². The summed E-state index contributed by atoms with van der Waals surface area (Å²) in [7, 11) is 2.10. The van der Waals surface area contributed by atoms with E-state index in [-0.39, 0.29) is 0 Å².